The van der Waals surface area contributed by atoms with E-state index in [0.29, 0.717) is 11.6 Å². The average Bonchev–Trinajstić information content (AvgIpc) is 3.51. The lowest BCUT2D eigenvalue weighted by Crippen LogP contribution is -2.42. The van der Waals surface area contributed by atoms with Crippen molar-refractivity contribution in [2.24, 2.45) is 11.5 Å². The zero-order valence-electron chi connectivity index (χ0n) is 26.0. The molecule has 3 heterocycles. The molecule has 3 aromatic heterocycles. The Labute approximate surface area is 271 Å². The molecule has 2 amide bonds. The number of halogens is 3. The Morgan fingerprint density at radius 1 is 1.15 bits per heavy atom. The summed E-state index contributed by atoms with van der Waals surface area (Å²) in [5, 5.41) is 16.1. The summed E-state index contributed by atoms with van der Waals surface area (Å²) in [5.41, 5.74) is 8.27. The molecule has 18 heteroatoms. The lowest BCUT2D eigenvalue weighted by Gasteiger charge is -2.32. The van der Waals surface area contributed by atoms with Crippen molar-refractivity contribution < 1.29 is 46.7 Å². The van der Waals surface area contributed by atoms with E-state index < -0.39 is 72.2 Å². The molecule has 254 valence electrons. The van der Waals surface area contributed by atoms with Crippen LogP contribution >= 0.6 is 0 Å². The number of aliphatic hydroxyl groups is 1. The van der Waals surface area contributed by atoms with E-state index in [-0.39, 0.29) is 23.7 Å². The Balaban J connectivity index is 1.50. The van der Waals surface area contributed by atoms with Gasteiger partial charge in [-0.25, -0.2) is 32.9 Å². The number of hydrogen-bond acceptors (Lipinski definition) is 11. The van der Waals surface area contributed by atoms with Gasteiger partial charge in [0.05, 0.1) is 18.3 Å². The average molecular weight is 673 g/mol. The minimum absolute atomic E-state index is 0.101. The highest BCUT2D eigenvalue weighted by atomic mass is 19.1. The number of aromatic nitrogens is 6. The topological polar surface area (TPSA) is 206 Å². The Bertz CT molecular complexity index is 1790. The molecule has 0 spiro atoms. The number of primary amides is 1. The van der Waals surface area contributed by atoms with Gasteiger partial charge in [0.1, 0.15) is 48.6 Å². The number of rotatable bonds is 13. The summed E-state index contributed by atoms with van der Waals surface area (Å²) in [5.74, 6) is -5.50. The quantitative estimate of drug-likeness (QED) is 0.137. The number of carbonyl (C=O) groups is 3. The van der Waals surface area contributed by atoms with Crippen molar-refractivity contribution in [3.63, 3.8) is 0 Å². The Morgan fingerprint density at radius 2 is 1.90 bits per heavy atom. The minimum atomic E-state index is -2.19. The first kappa shape index (κ1) is 35.4. The van der Waals surface area contributed by atoms with Gasteiger partial charge in [-0.05, 0) is 12.1 Å². The van der Waals surface area contributed by atoms with E-state index in [1.54, 1.807) is 12.1 Å². The van der Waals surface area contributed by atoms with Crippen LogP contribution in [0.2, 0.25) is 0 Å². The molecule has 0 radical (unpaired) electrons. The van der Waals surface area contributed by atoms with Crippen LogP contribution in [0.5, 0.6) is 0 Å². The molecular formula is C30H33F3N9O6+. The molecule has 48 heavy (non-hydrogen) atoms. The Hall–Kier alpha value is -5.49. The molecule has 15 nitrogen and oxygen atoms in total. The molecule has 2 unspecified atom stereocenters. The zero-order chi connectivity index (χ0) is 35.2. The summed E-state index contributed by atoms with van der Waals surface area (Å²) in [6.45, 7) is 2.17. The first-order valence-electron chi connectivity index (χ1n) is 14.4. The van der Waals surface area contributed by atoms with Gasteiger partial charge in [-0.15, -0.1) is 4.68 Å². The number of carbonyl (C=O) groups excluding carboxylic acids is 3. The van der Waals surface area contributed by atoms with Crippen molar-refractivity contribution in [1.82, 2.24) is 24.7 Å². The zero-order valence-corrected chi connectivity index (χ0v) is 26.0. The van der Waals surface area contributed by atoms with Gasteiger partial charge < -0.3 is 26.0 Å². The van der Waals surface area contributed by atoms with Gasteiger partial charge in [0, 0.05) is 48.4 Å². The van der Waals surface area contributed by atoms with E-state index in [9.17, 15) is 28.3 Å². The van der Waals surface area contributed by atoms with Crippen molar-refractivity contribution in [2.75, 3.05) is 11.9 Å². The highest BCUT2D eigenvalue weighted by Crippen LogP contribution is 2.39. The Morgan fingerprint density at radius 3 is 2.58 bits per heavy atom. The van der Waals surface area contributed by atoms with Gasteiger partial charge in [-0.1, -0.05) is 19.1 Å². The number of nitrogens with zero attached hydrogens (tertiary/aromatic N) is 7. The monoisotopic (exact) mass is 672 g/mol. The smallest absolute Gasteiger partial charge is 0.418 e. The third-order valence-corrected chi connectivity index (χ3v) is 7.47. The van der Waals surface area contributed by atoms with Gasteiger partial charge in [-0.3, -0.25) is 14.5 Å². The second-order valence-electron chi connectivity index (χ2n) is 10.8. The van der Waals surface area contributed by atoms with Gasteiger partial charge in [-0.2, -0.15) is 4.57 Å². The van der Waals surface area contributed by atoms with Gasteiger partial charge >= 0.3 is 12.1 Å². The van der Waals surface area contributed by atoms with Crippen LogP contribution in [0.25, 0.3) is 0 Å². The minimum Gasteiger partial charge on any atom is -0.460 e. The third-order valence-electron chi connectivity index (χ3n) is 7.47. The third kappa shape index (κ3) is 8.07. The molecule has 4 rings (SSSR count). The predicted molar refractivity (Wildman–Crippen MR) is 158 cm³/mol. The van der Waals surface area contributed by atoms with Crippen molar-refractivity contribution in [2.45, 2.75) is 57.2 Å². The molecule has 0 bridgehead atoms. The lowest BCUT2D eigenvalue weighted by atomic mass is 9.79. The summed E-state index contributed by atoms with van der Waals surface area (Å²) in [7, 11) is 1.38. The van der Waals surface area contributed by atoms with Crippen LogP contribution in [0.4, 0.5) is 23.8 Å². The summed E-state index contributed by atoms with van der Waals surface area (Å²) in [6, 6.07) is 4.47. The van der Waals surface area contributed by atoms with E-state index in [0.717, 1.165) is 29.6 Å². The van der Waals surface area contributed by atoms with E-state index in [1.165, 1.54) is 49.0 Å². The summed E-state index contributed by atoms with van der Waals surface area (Å²) in [6.07, 6.45) is 3.76. The molecule has 1 aromatic carbocycles. The molecule has 0 aliphatic carbocycles. The fourth-order valence-corrected chi connectivity index (χ4v) is 4.79. The standard InChI is InChI=1S/C30H32F3N9O6/c1-17(26-23(33)11-36-14-38-26)30(46,21-7-6-20(31)9-22(21)32)13-42-16-41(15-39-42)18(2)48-29(45)40(3)27-19(5-4-8-37-27)12-47-28(44)24(34)10-25(35)43/h4-9,11,14-18,24,46H,10,12-13,34H2,1-3H3,(H-,35,43)/p+1/t17-,18?,24-,30?/m0/s1. The van der Waals surface area contributed by atoms with E-state index >= 15 is 4.39 Å². The molecule has 5 N–H and O–H groups in total. The SMILES string of the molecule is CC(OC(=O)N(C)c1ncccc1COC(=O)[C@@H](N)CC(N)=O)[n+]1cnn(CC(O)(c2ccc(F)cc2F)[C@@H](C)c2ncncc2F)c1. The van der Waals surface area contributed by atoms with Crippen LogP contribution in [0.1, 0.15) is 49.2 Å². The molecule has 0 saturated carbocycles. The fourth-order valence-electron chi connectivity index (χ4n) is 4.79. The maximum Gasteiger partial charge on any atom is 0.418 e. The lowest BCUT2D eigenvalue weighted by molar-refractivity contribution is -0.753. The second-order valence-corrected chi connectivity index (χ2v) is 10.8. The summed E-state index contributed by atoms with van der Waals surface area (Å²) in [4.78, 5) is 49.0. The second kappa shape index (κ2) is 14.9. The van der Waals surface area contributed by atoms with E-state index in [4.69, 9.17) is 20.9 Å². The number of amides is 2. The highest BCUT2D eigenvalue weighted by Gasteiger charge is 2.43. The molecule has 0 aliphatic rings. The van der Waals surface area contributed by atoms with Gasteiger partial charge in [0.15, 0.2) is 5.82 Å². The van der Waals surface area contributed by atoms with Gasteiger partial charge in [0.2, 0.25) is 18.5 Å². The number of benzene rings is 1. The number of esters is 1. The predicted octanol–water partition coefficient (Wildman–Crippen LogP) is 1.50. The van der Waals surface area contributed by atoms with E-state index in [1.807, 2.05) is 0 Å². The van der Waals surface area contributed by atoms with Crippen LogP contribution in [0, 0.1) is 17.5 Å². The van der Waals surface area contributed by atoms with Crippen LogP contribution in [0.15, 0.2) is 61.7 Å². The van der Waals surface area contributed by atoms with Crippen LogP contribution in [0.3, 0.4) is 0 Å². The first-order valence-corrected chi connectivity index (χ1v) is 14.4. The molecule has 0 fully saturated rings. The van der Waals surface area contributed by atoms with Gasteiger partial charge in [0.25, 0.3) is 6.33 Å². The summed E-state index contributed by atoms with van der Waals surface area (Å²) < 4.78 is 56.8. The molecular weight excluding hydrogens is 639 g/mol. The van der Waals surface area contributed by atoms with Crippen LogP contribution in [-0.4, -0.2) is 60.9 Å². The van der Waals surface area contributed by atoms with Crippen molar-refractivity contribution >= 4 is 23.8 Å². The van der Waals surface area contributed by atoms with Crippen LogP contribution in [-0.2, 0) is 37.8 Å². The Kier molecular flexibility index (Phi) is 11.0. The van der Waals surface area contributed by atoms with Crippen molar-refractivity contribution in [3.05, 3.63) is 96.0 Å². The highest BCUT2D eigenvalue weighted by molar-refractivity contribution is 5.87. The van der Waals surface area contributed by atoms with E-state index in [2.05, 4.69) is 20.1 Å². The van der Waals surface area contributed by atoms with Crippen LogP contribution < -0.4 is 20.9 Å². The largest absolute Gasteiger partial charge is 0.460 e. The molecule has 4 atom stereocenters. The summed E-state index contributed by atoms with van der Waals surface area (Å²) >= 11 is 0. The normalized spacial score (nSPS) is 14.3. The molecule has 4 aromatic rings. The number of pyridine rings is 1. The number of ether oxygens (including phenoxy) is 2. The molecule has 0 saturated heterocycles. The maximum absolute atomic E-state index is 15.0. The number of anilines is 1. The first-order chi connectivity index (χ1) is 22.7. The fraction of sp³-hybridized carbons (Fsp3) is 0.333. The van der Waals surface area contributed by atoms with Crippen molar-refractivity contribution in [3.8, 4) is 0 Å². The number of hydrogen-bond donors (Lipinski definition) is 3. The van der Waals surface area contributed by atoms with Crippen molar-refractivity contribution in [1.29, 1.82) is 0 Å². The molecule has 0 aliphatic heterocycles. The maximum atomic E-state index is 15.0. The number of nitrogens with two attached hydrogens (primary N) is 2.